The summed E-state index contributed by atoms with van der Waals surface area (Å²) in [5.74, 6) is 0.919. The highest BCUT2D eigenvalue weighted by Gasteiger charge is 2.18. The van der Waals surface area contributed by atoms with Gasteiger partial charge in [0.1, 0.15) is 0 Å². The van der Waals surface area contributed by atoms with Gasteiger partial charge in [0.05, 0.1) is 0 Å². The van der Waals surface area contributed by atoms with Gasteiger partial charge >= 0.3 is 0 Å². The Hall–Kier alpha value is -0.500. The fourth-order valence-electron chi connectivity index (χ4n) is 2.20. The van der Waals surface area contributed by atoms with Gasteiger partial charge in [-0.1, -0.05) is 19.1 Å². The molecule has 0 atom stereocenters. The van der Waals surface area contributed by atoms with E-state index in [-0.39, 0.29) is 0 Å². The molecule has 1 fully saturated rings. The van der Waals surface area contributed by atoms with Gasteiger partial charge in [0.25, 0.3) is 0 Å². The molecule has 0 saturated heterocycles. The molecule has 0 aliphatic heterocycles. The van der Waals surface area contributed by atoms with E-state index in [0.717, 1.165) is 5.92 Å². The summed E-state index contributed by atoms with van der Waals surface area (Å²) in [6.45, 7) is 2.36. The summed E-state index contributed by atoms with van der Waals surface area (Å²) in [6, 6.07) is 9.03. The van der Waals surface area contributed by atoms with Crippen molar-refractivity contribution in [2.24, 2.45) is 5.92 Å². The standard InChI is InChI=1S/C13H18BrN/c1-10-6-8-11(9-7-10)15-13-5-3-2-4-12(13)14/h2-5,10-11,15H,6-9H2,1H3. The fraction of sp³-hybridized carbons (Fsp3) is 0.538. The molecule has 2 heteroatoms. The maximum Gasteiger partial charge on any atom is 0.0486 e. The van der Waals surface area contributed by atoms with Crippen LogP contribution in [-0.4, -0.2) is 6.04 Å². The number of benzene rings is 1. The summed E-state index contributed by atoms with van der Waals surface area (Å²) in [5.41, 5.74) is 1.23. The van der Waals surface area contributed by atoms with Crippen molar-refractivity contribution in [2.75, 3.05) is 5.32 Å². The molecule has 15 heavy (non-hydrogen) atoms. The lowest BCUT2D eigenvalue weighted by Gasteiger charge is -2.28. The Kier molecular flexibility index (Phi) is 3.68. The Morgan fingerprint density at radius 3 is 2.47 bits per heavy atom. The Morgan fingerprint density at radius 1 is 1.13 bits per heavy atom. The average molecular weight is 268 g/mol. The van der Waals surface area contributed by atoms with E-state index < -0.39 is 0 Å². The molecule has 1 aliphatic rings. The van der Waals surface area contributed by atoms with Crippen molar-refractivity contribution in [1.82, 2.24) is 0 Å². The number of nitrogens with one attached hydrogen (secondary N) is 1. The van der Waals surface area contributed by atoms with Crippen molar-refractivity contribution in [2.45, 2.75) is 38.6 Å². The Balaban J connectivity index is 1.95. The maximum atomic E-state index is 3.62. The molecule has 0 unspecified atom stereocenters. The molecule has 1 aromatic carbocycles. The van der Waals surface area contributed by atoms with Crippen molar-refractivity contribution >= 4 is 21.6 Å². The van der Waals surface area contributed by atoms with Crippen LogP contribution in [0.4, 0.5) is 5.69 Å². The van der Waals surface area contributed by atoms with Crippen LogP contribution in [-0.2, 0) is 0 Å². The van der Waals surface area contributed by atoms with Gasteiger partial charge in [0.2, 0.25) is 0 Å². The van der Waals surface area contributed by atoms with Crippen LogP contribution in [0, 0.1) is 5.92 Å². The minimum absolute atomic E-state index is 0.667. The number of rotatable bonds is 2. The number of hydrogen-bond donors (Lipinski definition) is 1. The van der Waals surface area contributed by atoms with Crippen LogP contribution in [0.25, 0.3) is 0 Å². The van der Waals surface area contributed by atoms with Gasteiger partial charge in [-0.3, -0.25) is 0 Å². The lowest BCUT2D eigenvalue weighted by Crippen LogP contribution is -2.25. The van der Waals surface area contributed by atoms with Crippen LogP contribution in [0.1, 0.15) is 32.6 Å². The second kappa shape index (κ2) is 5.02. The first kappa shape index (κ1) is 11.0. The maximum absolute atomic E-state index is 3.62. The Labute approximate surface area is 100 Å². The van der Waals surface area contributed by atoms with Crippen LogP contribution in [0.15, 0.2) is 28.7 Å². The normalized spacial score (nSPS) is 26.3. The summed E-state index contributed by atoms with van der Waals surface area (Å²) in [4.78, 5) is 0. The number of para-hydroxylation sites is 1. The van der Waals surface area contributed by atoms with Crippen molar-refractivity contribution < 1.29 is 0 Å². The second-order valence-electron chi connectivity index (χ2n) is 4.58. The predicted molar refractivity (Wildman–Crippen MR) is 69.2 cm³/mol. The molecule has 1 N–H and O–H groups in total. The van der Waals surface area contributed by atoms with E-state index in [1.54, 1.807) is 0 Å². The molecule has 1 aliphatic carbocycles. The van der Waals surface area contributed by atoms with Crippen LogP contribution in [0.3, 0.4) is 0 Å². The zero-order valence-electron chi connectivity index (χ0n) is 9.17. The van der Waals surface area contributed by atoms with E-state index in [1.807, 2.05) is 0 Å². The number of hydrogen-bond acceptors (Lipinski definition) is 1. The van der Waals surface area contributed by atoms with Gasteiger partial charge in [-0.05, 0) is 59.7 Å². The first-order valence-electron chi connectivity index (χ1n) is 5.77. The third kappa shape index (κ3) is 2.97. The highest BCUT2D eigenvalue weighted by atomic mass is 79.9. The highest BCUT2D eigenvalue weighted by molar-refractivity contribution is 9.10. The van der Waals surface area contributed by atoms with Crippen molar-refractivity contribution in [3.05, 3.63) is 28.7 Å². The smallest absolute Gasteiger partial charge is 0.0486 e. The molecule has 0 radical (unpaired) electrons. The van der Waals surface area contributed by atoms with Crippen molar-refractivity contribution in [3.63, 3.8) is 0 Å². The number of halogens is 1. The van der Waals surface area contributed by atoms with Gasteiger partial charge in [0.15, 0.2) is 0 Å². The Bertz CT molecular complexity index is 316. The molecule has 0 bridgehead atoms. The van der Waals surface area contributed by atoms with Gasteiger partial charge in [-0.25, -0.2) is 0 Å². The topological polar surface area (TPSA) is 12.0 Å². The molecule has 0 aromatic heterocycles. The summed E-state index contributed by atoms with van der Waals surface area (Å²) >= 11 is 3.57. The minimum atomic E-state index is 0.667. The zero-order valence-corrected chi connectivity index (χ0v) is 10.8. The molecule has 2 rings (SSSR count). The zero-order chi connectivity index (χ0) is 10.7. The summed E-state index contributed by atoms with van der Waals surface area (Å²) in [7, 11) is 0. The predicted octanol–water partition coefficient (Wildman–Crippen LogP) is 4.44. The van der Waals surface area contributed by atoms with E-state index in [9.17, 15) is 0 Å². The monoisotopic (exact) mass is 267 g/mol. The molecule has 1 aromatic rings. The summed E-state index contributed by atoms with van der Waals surface area (Å²) in [6.07, 6.45) is 5.34. The van der Waals surface area contributed by atoms with E-state index in [4.69, 9.17) is 0 Å². The van der Waals surface area contributed by atoms with Crippen LogP contribution in [0.2, 0.25) is 0 Å². The first-order valence-corrected chi connectivity index (χ1v) is 6.56. The van der Waals surface area contributed by atoms with Gasteiger partial charge in [-0.2, -0.15) is 0 Å². The summed E-state index contributed by atoms with van der Waals surface area (Å²) < 4.78 is 1.17. The molecule has 1 saturated carbocycles. The lowest BCUT2D eigenvalue weighted by molar-refractivity contribution is 0.361. The molecular formula is C13H18BrN. The van der Waals surface area contributed by atoms with Crippen LogP contribution >= 0.6 is 15.9 Å². The summed E-state index contributed by atoms with van der Waals surface area (Å²) in [5, 5.41) is 3.62. The second-order valence-corrected chi connectivity index (χ2v) is 5.44. The largest absolute Gasteiger partial charge is 0.381 e. The van der Waals surface area contributed by atoms with E-state index in [0.29, 0.717) is 6.04 Å². The molecule has 0 amide bonds. The van der Waals surface area contributed by atoms with Gasteiger partial charge in [-0.15, -0.1) is 0 Å². The minimum Gasteiger partial charge on any atom is -0.381 e. The van der Waals surface area contributed by atoms with E-state index >= 15 is 0 Å². The van der Waals surface area contributed by atoms with Gasteiger partial charge in [0, 0.05) is 16.2 Å². The Morgan fingerprint density at radius 2 is 1.80 bits per heavy atom. The van der Waals surface area contributed by atoms with Crippen LogP contribution in [0.5, 0.6) is 0 Å². The van der Waals surface area contributed by atoms with Crippen molar-refractivity contribution in [3.8, 4) is 0 Å². The van der Waals surface area contributed by atoms with Crippen molar-refractivity contribution in [1.29, 1.82) is 0 Å². The fourth-order valence-corrected chi connectivity index (χ4v) is 2.60. The third-order valence-corrected chi connectivity index (χ3v) is 3.94. The quantitative estimate of drug-likeness (QED) is 0.836. The molecule has 1 nitrogen and oxygen atoms in total. The average Bonchev–Trinajstić information content (AvgIpc) is 2.25. The van der Waals surface area contributed by atoms with Crippen LogP contribution < -0.4 is 5.32 Å². The third-order valence-electron chi connectivity index (χ3n) is 3.25. The first-order chi connectivity index (χ1) is 7.25. The highest BCUT2D eigenvalue weighted by Crippen LogP contribution is 2.28. The molecule has 82 valence electrons. The molecule has 0 spiro atoms. The molecular weight excluding hydrogens is 250 g/mol. The SMILES string of the molecule is CC1CCC(Nc2ccccc2Br)CC1. The molecule has 0 heterocycles. The lowest BCUT2D eigenvalue weighted by atomic mass is 9.87. The van der Waals surface area contributed by atoms with E-state index in [2.05, 4.69) is 52.4 Å². The number of anilines is 1. The van der Waals surface area contributed by atoms with Gasteiger partial charge < -0.3 is 5.32 Å². The van der Waals surface area contributed by atoms with E-state index in [1.165, 1.54) is 35.8 Å².